The molecule has 2 aromatic heterocycles. The average molecular weight is 418 g/mol. The van der Waals surface area contributed by atoms with Crippen molar-refractivity contribution in [2.45, 2.75) is 25.9 Å². The quantitative estimate of drug-likeness (QED) is 0.494. The molecule has 31 heavy (non-hydrogen) atoms. The lowest BCUT2D eigenvalue weighted by molar-refractivity contribution is -0.125. The van der Waals surface area contributed by atoms with E-state index in [1.165, 1.54) is 24.1 Å². The molecule has 0 unspecified atom stereocenters. The number of hydrogen-bond acceptors (Lipinski definition) is 6. The minimum atomic E-state index is -1.61. The van der Waals surface area contributed by atoms with Gasteiger partial charge in [-0.05, 0) is 31.5 Å². The number of fused-ring (bicyclic) bond motifs is 2. The van der Waals surface area contributed by atoms with Crippen LogP contribution >= 0.6 is 0 Å². The molecule has 0 bridgehead atoms. The lowest BCUT2D eigenvalue weighted by atomic mass is 9.95. The monoisotopic (exact) mass is 418 g/mol. The first kappa shape index (κ1) is 19.0. The number of carbonyl (C=O) groups is 4. The van der Waals surface area contributed by atoms with Gasteiger partial charge in [0.25, 0.3) is 11.8 Å². The van der Waals surface area contributed by atoms with Crippen LogP contribution in [0.3, 0.4) is 0 Å². The Hall–Kier alpha value is -4.01. The molecule has 1 fully saturated rings. The third-order valence-corrected chi connectivity index (χ3v) is 5.71. The number of nitrogens with one attached hydrogen (secondary N) is 2. The first-order valence-corrected chi connectivity index (χ1v) is 9.70. The Morgan fingerprint density at radius 1 is 1.23 bits per heavy atom. The number of hydrogen-bond donors (Lipinski definition) is 2. The molecule has 0 saturated carbocycles. The van der Waals surface area contributed by atoms with Crippen LogP contribution in [-0.4, -0.2) is 40.1 Å². The standard InChI is InChI=1S/C22H18N4O5/c1-11-3-4-13-9-26(19(28)15(13)5-11)10-22(20(29)24-21(30)25-22)18-7-16-17(31-18)6-14(8-23-16)12(2)27/h3-8H,9-10H2,1-2H3,(H2,24,25,29,30)/t22-/m0/s1. The summed E-state index contributed by atoms with van der Waals surface area (Å²) in [7, 11) is 0. The molecule has 1 aromatic carbocycles. The Kier molecular flexibility index (Phi) is 3.98. The van der Waals surface area contributed by atoms with Crippen LogP contribution in [0.1, 0.15) is 44.5 Å². The zero-order chi connectivity index (χ0) is 21.9. The molecule has 4 heterocycles. The number of rotatable bonds is 4. The van der Waals surface area contributed by atoms with Gasteiger partial charge in [0.1, 0.15) is 11.3 Å². The number of imide groups is 1. The van der Waals surface area contributed by atoms with Crippen LogP contribution in [0, 0.1) is 6.92 Å². The van der Waals surface area contributed by atoms with Gasteiger partial charge in [0, 0.05) is 29.9 Å². The van der Waals surface area contributed by atoms with Crippen molar-refractivity contribution in [2.75, 3.05) is 6.54 Å². The summed E-state index contributed by atoms with van der Waals surface area (Å²) in [5.41, 5.74) is 1.89. The number of urea groups is 1. The molecule has 1 atom stereocenters. The van der Waals surface area contributed by atoms with E-state index in [4.69, 9.17) is 4.42 Å². The summed E-state index contributed by atoms with van der Waals surface area (Å²) in [4.78, 5) is 55.4. The number of furan rings is 1. The van der Waals surface area contributed by atoms with Crippen molar-refractivity contribution < 1.29 is 23.6 Å². The molecule has 3 aromatic rings. The van der Waals surface area contributed by atoms with E-state index in [9.17, 15) is 19.2 Å². The normalized spacial score (nSPS) is 20.2. The topological polar surface area (TPSA) is 122 Å². The van der Waals surface area contributed by atoms with Crippen molar-refractivity contribution in [3.8, 4) is 0 Å². The fourth-order valence-electron chi connectivity index (χ4n) is 4.06. The second-order valence-corrected chi connectivity index (χ2v) is 7.91. The summed E-state index contributed by atoms with van der Waals surface area (Å²) in [5.74, 6) is -0.882. The number of carbonyl (C=O) groups excluding carboxylic acids is 4. The van der Waals surface area contributed by atoms with Gasteiger partial charge in [-0.3, -0.25) is 24.7 Å². The molecule has 1 saturated heterocycles. The molecule has 5 rings (SSSR count). The van der Waals surface area contributed by atoms with Gasteiger partial charge in [0.05, 0.1) is 6.54 Å². The van der Waals surface area contributed by atoms with Gasteiger partial charge in [0.15, 0.2) is 16.9 Å². The van der Waals surface area contributed by atoms with Crippen molar-refractivity contribution in [2.24, 2.45) is 0 Å². The third kappa shape index (κ3) is 2.89. The fourth-order valence-corrected chi connectivity index (χ4v) is 4.06. The highest BCUT2D eigenvalue weighted by molar-refractivity contribution is 6.08. The van der Waals surface area contributed by atoms with Crippen LogP contribution in [0.5, 0.6) is 0 Å². The number of nitrogens with zero attached hydrogens (tertiary/aromatic N) is 2. The van der Waals surface area contributed by atoms with Gasteiger partial charge in [-0.1, -0.05) is 17.7 Å². The zero-order valence-electron chi connectivity index (χ0n) is 16.8. The Labute approximate surface area is 176 Å². The summed E-state index contributed by atoms with van der Waals surface area (Å²) < 4.78 is 5.88. The molecule has 4 amide bonds. The van der Waals surface area contributed by atoms with E-state index in [1.807, 2.05) is 25.1 Å². The average Bonchev–Trinajstić information content (AvgIpc) is 3.36. The lowest BCUT2D eigenvalue weighted by Crippen LogP contribution is -2.52. The molecule has 0 aliphatic carbocycles. The molecule has 2 aliphatic rings. The van der Waals surface area contributed by atoms with E-state index in [2.05, 4.69) is 15.6 Å². The van der Waals surface area contributed by atoms with Gasteiger partial charge in [-0.2, -0.15) is 0 Å². The van der Waals surface area contributed by atoms with Crippen molar-refractivity contribution in [1.82, 2.24) is 20.5 Å². The maximum Gasteiger partial charge on any atom is 0.322 e. The molecule has 2 N–H and O–H groups in total. The lowest BCUT2D eigenvalue weighted by Gasteiger charge is -2.28. The highest BCUT2D eigenvalue weighted by Gasteiger charge is 2.53. The largest absolute Gasteiger partial charge is 0.456 e. The molecule has 0 radical (unpaired) electrons. The summed E-state index contributed by atoms with van der Waals surface area (Å²) in [6.07, 6.45) is 1.42. The SMILES string of the molecule is CC(=O)c1cnc2cc([C@]3(CN4Cc5ccc(C)cc5C4=O)NC(=O)NC3=O)oc2c1. The number of ketones is 1. The Bertz CT molecular complexity index is 1310. The highest BCUT2D eigenvalue weighted by atomic mass is 16.3. The maximum atomic E-state index is 13.0. The molecule has 9 nitrogen and oxygen atoms in total. The van der Waals surface area contributed by atoms with Crippen LogP contribution in [0.2, 0.25) is 0 Å². The summed E-state index contributed by atoms with van der Waals surface area (Å²) in [6, 6.07) is 8.02. The van der Waals surface area contributed by atoms with Gasteiger partial charge in [-0.15, -0.1) is 0 Å². The van der Waals surface area contributed by atoms with Crippen molar-refractivity contribution >= 4 is 34.7 Å². The predicted molar refractivity (Wildman–Crippen MR) is 108 cm³/mol. The van der Waals surface area contributed by atoms with Crippen molar-refractivity contribution in [1.29, 1.82) is 0 Å². The Balaban J connectivity index is 1.56. The van der Waals surface area contributed by atoms with Crippen LogP contribution < -0.4 is 10.6 Å². The summed E-state index contributed by atoms with van der Waals surface area (Å²) in [5, 5.41) is 4.87. The van der Waals surface area contributed by atoms with Gasteiger partial charge in [0.2, 0.25) is 0 Å². The van der Waals surface area contributed by atoms with E-state index in [1.54, 1.807) is 6.07 Å². The molecule has 9 heteroatoms. The van der Waals surface area contributed by atoms with Crippen LogP contribution in [0.4, 0.5) is 4.79 Å². The predicted octanol–water partition coefficient (Wildman–Crippen LogP) is 2.03. The maximum absolute atomic E-state index is 13.0. The summed E-state index contributed by atoms with van der Waals surface area (Å²) in [6.45, 7) is 3.51. The minimum Gasteiger partial charge on any atom is -0.456 e. The minimum absolute atomic E-state index is 0.115. The van der Waals surface area contributed by atoms with Crippen molar-refractivity contribution in [3.63, 3.8) is 0 Å². The van der Waals surface area contributed by atoms with E-state index in [0.717, 1.165) is 11.1 Å². The Morgan fingerprint density at radius 2 is 2.03 bits per heavy atom. The van der Waals surface area contributed by atoms with Gasteiger partial charge < -0.3 is 14.6 Å². The van der Waals surface area contributed by atoms with Crippen LogP contribution in [-0.2, 0) is 16.9 Å². The van der Waals surface area contributed by atoms with Crippen molar-refractivity contribution in [3.05, 3.63) is 64.5 Å². The zero-order valence-corrected chi connectivity index (χ0v) is 16.8. The van der Waals surface area contributed by atoms with E-state index in [0.29, 0.717) is 28.8 Å². The van der Waals surface area contributed by atoms with Crippen LogP contribution in [0.25, 0.3) is 11.1 Å². The molecule has 0 spiro atoms. The number of benzene rings is 1. The summed E-state index contributed by atoms with van der Waals surface area (Å²) >= 11 is 0. The van der Waals surface area contributed by atoms with Crippen LogP contribution in [0.15, 0.2) is 40.9 Å². The van der Waals surface area contributed by atoms with E-state index in [-0.39, 0.29) is 24.0 Å². The fraction of sp³-hybridized carbons (Fsp3) is 0.227. The number of aryl methyl sites for hydroxylation is 1. The first-order valence-electron chi connectivity index (χ1n) is 9.70. The second-order valence-electron chi connectivity index (χ2n) is 7.91. The second kappa shape index (κ2) is 6.49. The first-order chi connectivity index (χ1) is 14.8. The van der Waals surface area contributed by atoms with Gasteiger partial charge >= 0.3 is 6.03 Å². The smallest absolute Gasteiger partial charge is 0.322 e. The number of Topliss-reactive ketones (excluding diaryl/α,β-unsaturated/α-hetero) is 1. The molecule has 156 valence electrons. The van der Waals surface area contributed by atoms with E-state index >= 15 is 0 Å². The third-order valence-electron chi connectivity index (χ3n) is 5.71. The molecular formula is C22H18N4O5. The molecular weight excluding hydrogens is 400 g/mol. The number of amides is 4. The Morgan fingerprint density at radius 3 is 2.74 bits per heavy atom. The van der Waals surface area contributed by atoms with E-state index < -0.39 is 17.5 Å². The number of aromatic nitrogens is 1. The highest BCUT2D eigenvalue weighted by Crippen LogP contribution is 2.34. The van der Waals surface area contributed by atoms with Gasteiger partial charge in [-0.25, -0.2) is 4.79 Å². The molecule has 2 aliphatic heterocycles. The number of pyridine rings is 1.